The number of ether oxygens (including phenoxy) is 1. The number of esters is 1. The molecule has 5 nitrogen and oxygen atoms in total. The Kier molecular flexibility index (Phi) is 6.03. The quantitative estimate of drug-likeness (QED) is 0.644. The molecule has 0 spiro atoms. The third-order valence-electron chi connectivity index (χ3n) is 2.33. The summed E-state index contributed by atoms with van der Waals surface area (Å²) in [6.45, 7) is 7.90. The average Bonchev–Trinajstić information content (AvgIpc) is 2.25. The Morgan fingerprint density at radius 2 is 1.94 bits per heavy atom. The number of carbonyl (C=O) groups is 2. The average molecular weight is 230 g/mol. The zero-order valence-electron chi connectivity index (χ0n) is 10.7. The van der Waals surface area contributed by atoms with Crippen molar-refractivity contribution >= 4 is 11.9 Å². The van der Waals surface area contributed by atoms with Gasteiger partial charge in [-0.15, -0.1) is 0 Å². The van der Waals surface area contributed by atoms with Crippen LogP contribution in [0.4, 0.5) is 0 Å². The van der Waals surface area contributed by atoms with Gasteiger partial charge < -0.3 is 15.4 Å². The highest BCUT2D eigenvalue weighted by Gasteiger charge is 2.27. The highest BCUT2D eigenvalue weighted by molar-refractivity contribution is 5.82. The van der Waals surface area contributed by atoms with Gasteiger partial charge in [-0.2, -0.15) is 0 Å². The molecule has 0 aliphatic rings. The van der Waals surface area contributed by atoms with Crippen molar-refractivity contribution in [2.24, 2.45) is 5.41 Å². The van der Waals surface area contributed by atoms with Crippen molar-refractivity contribution in [3.63, 3.8) is 0 Å². The van der Waals surface area contributed by atoms with Gasteiger partial charge in [-0.1, -0.05) is 0 Å². The molecule has 5 heteroatoms. The minimum atomic E-state index is -0.546. The first-order valence-corrected chi connectivity index (χ1v) is 5.47. The fourth-order valence-corrected chi connectivity index (χ4v) is 1.18. The maximum atomic E-state index is 11.5. The second-order valence-electron chi connectivity index (χ2n) is 4.32. The Bertz CT molecular complexity index is 252. The third-order valence-corrected chi connectivity index (χ3v) is 2.33. The molecule has 1 unspecified atom stereocenters. The Balaban J connectivity index is 4.13. The van der Waals surface area contributed by atoms with E-state index in [0.717, 1.165) is 0 Å². The maximum absolute atomic E-state index is 11.5. The summed E-state index contributed by atoms with van der Waals surface area (Å²) in [5.74, 6) is -0.355. The molecule has 1 amide bonds. The monoisotopic (exact) mass is 230 g/mol. The van der Waals surface area contributed by atoms with Crippen LogP contribution < -0.4 is 10.6 Å². The number of rotatable bonds is 6. The summed E-state index contributed by atoms with van der Waals surface area (Å²) in [6, 6.07) is -0.399. The minimum absolute atomic E-state index is 0.0592. The lowest BCUT2D eigenvalue weighted by atomic mass is 9.92. The van der Waals surface area contributed by atoms with Crippen LogP contribution >= 0.6 is 0 Å². The van der Waals surface area contributed by atoms with Crippen LogP contribution in [-0.4, -0.2) is 38.1 Å². The Labute approximate surface area is 96.9 Å². The molecule has 0 aromatic carbocycles. The van der Waals surface area contributed by atoms with E-state index in [2.05, 4.69) is 10.6 Å². The van der Waals surface area contributed by atoms with Crippen LogP contribution in [0.1, 0.15) is 27.7 Å². The smallest absolute Gasteiger partial charge is 0.322 e. The van der Waals surface area contributed by atoms with Crippen LogP contribution in [0.5, 0.6) is 0 Å². The van der Waals surface area contributed by atoms with Crippen molar-refractivity contribution < 1.29 is 14.3 Å². The van der Waals surface area contributed by atoms with Gasteiger partial charge in [0.15, 0.2) is 0 Å². The van der Waals surface area contributed by atoms with Gasteiger partial charge >= 0.3 is 5.97 Å². The van der Waals surface area contributed by atoms with Crippen molar-refractivity contribution in [3.05, 3.63) is 0 Å². The molecule has 0 aliphatic carbocycles. The molecule has 0 fully saturated rings. The lowest BCUT2D eigenvalue weighted by molar-refractivity contribution is -0.145. The first-order chi connectivity index (χ1) is 7.35. The Morgan fingerprint density at radius 1 is 1.38 bits per heavy atom. The third kappa shape index (κ3) is 4.61. The molecular formula is C11H22N2O3. The van der Waals surface area contributed by atoms with E-state index in [1.54, 1.807) is 20.9 Å². The summed E-state index contributed by atoms with van der Waals surface area (Å²) in [5.41, 5.74) is -0.546. The van der Waals surface area contributed by atoms with Crippen molar-refractivity contribution in [1.29, 1.82) is 0 Å². The first kappa shape index (κ1) is 14.9. The van der Waals surface area contributed by atoms with Gasteiger partial charge in [0.1, 0.15) is 6.04 Å². The summed E-state index contributed by atoms with van der Waals surface area (Å²) < 4.78 is 4.85. The van der Waals surface area contributed by atoms with Gasteiger partial charge in [0.25, 0.3) is 0 Å². The number of carbonyl (C=O) groups excluding carboxylic acids is 2. The fraction of sp³-hybridized carbons (Fsp3) is 0.818. The number of nitrogens with one attached hydrogen (secondary N) is 2. The number of hydrogen-bond donors (Lipinski definition) is 2. The molecule has 0 saturated heterocycles. The van der Waals surface area contributed by atoms with Crippen LogP contribution in [-0.2, 0) is 14.3 Å². The molecule has 1 atom stereocenters. The van der Waals surface area contributed by atoms with E-state index in [9.17, 15) is 9.59 Å². The molecular weight excluding hydrogens is 208 g/mol. The van der Waals surface area contributed by atoms with Crippen LogP contribution in [0.3, 0.4) is 0 Å². The van der Waals surface area contributed by atoms with E-state index in [4.69, 9.17) is 4.74 Å². The van der Waals surface area contributed by atoms with Crippen LogP contribution in [0.15, 0.2) is 0 Å². The standard InChI is InChI=1S/C11H22N2O3/c1-6-16-9(14)8(2)13-7-11(3,4)10(15)12-5/h8,13H,6-7H2,1-5H3,(H,12,15). The summed E-state index contributed by atoms with van der Waals surface area (Å²) in [7, 11) is 1.60. The molecule has 0 rings (SSSR count). The molecule has 94 valence electrons. The second kappa shape index (κ2) is 6.48. The van der Waals surface area contributed by atoms with Crippen molar-refractivity contribution in [1.82, 2.24) is 10.6 Å². The van der Waals surface area contributed by atoms with E-state index in [1.807, 2.05) is 13.8 Å². The van der Waals surface area contributed by atoms with E-state index in [-0.39, 0.29) is 11.9 Å². The highest BCUT2D eigenvalue weighted by atomic mass is 16.5. The van der Waals surface area contributed by atoms with Crippen LogP contribution in [0.25, 0.3) is 0 Å². The van der Waals surface area contributed by atoms with Gasteiger partial charge in [-0.05, 0) is 27.7 Å². The van der Waals surface area contributed by atoms with Gasteiger partial charge in [0, 0.05) is 13.6 Å². The van der Waals surface area contributed by atoms with E-state index in [0.29, 0.717) is 13.2 Å². The van der Waals surface area contributed by atoms with Crippen molar-refractivity contribution in [3.8, 4) is 0 Å². The van der Waals surface area contributed by atoms with Gasteiger partial charge in [0.2, 0.25) is 5.91 Å². The molecule has 0 aromatic heterocycles. The predicted octanol–water partition coefficient (Wildman–Crippen LogP) is 0.300. The number of hydrogen-bond acceptors (Lipinski definition) is 4. The molecule has 0 saturated carbocycles. The molecule has 0 radical (unpaired) electrons. The summed E-state index contributed by atoms with van der Waals surface area (Å²) >= 11 is 0. The first-order valence-electron chi connectivity index (χ1n) is 5.47. The Morgan fingerprint density at radius 3 is 2.38 bits per heavy atom. The Hall–Kier alpha value is -1.10. The van der Waals surface area contributed by atoms with Gasteiger partial charge in [0.05, 0.1) is 12.0 Å². The summed E-state index contributed by atoms with van der Waals surface area (Å²) in [4.78, 5) is 22.8. The normalized spacial score (nSPS) is 13.1. The van der Waals surface area contributed by atoms with Crippen molar-refractivity contribution in [2.45, 2.75) is 33.7 Å². The van der Waals surface area contributed by atoms with E-state index < -0.39 is 11.5 Å². The maximum Gasteiger partial charge on any atom is 0.322 e. The SMILES string of the molecule is CCOC(=O)C(C)NCC(C)(C)C(=O)NC. The van der Waals surface area contributed by atoms with Crippen LogP contribution in [0.2, 0.25) is 0 Å². The molecule has 16 heavy (non-hydrogen) atoms. The zero-order chi connectivity index (χ0) is 12.8. The molecule has 0 aromatic rings. The predicted molar refractivity (Wildman–Crippen MR) is 61.9 cm³/mol. The molecule has 0 bridgehead atoms. The van der Waals surface area contributed by atoms with Crippen LogP contribution in [0, 0.1) is 5.41 Å². The fourth-order valence-electron chi connectivity index (χ4n) is 1.18. The summed E-state index contributed by atoms with van der Waals surface area (Å²) in [5, 5.41) is 5.58. The number of amides is 1. The highest BCUT2D eigenvalue weighted by Crippen LogP contribution is 2.13. The van der Waals surface area contributed by atoms with E-state index in [1.165, 1.54) is 0 Å². The molecule has 0 heterocycles. The lowest BCUT2D eigenvalue weighted by Crippen LogP contribution is -2.46. The van der Waals surface area contributed by atoms with Crippen molar-refractivity contribution in [2.75, 3.05) is 20.2 Å². The molecule has 0 aliphatic heterocycles. The van der Waals surface area contributed by atoms with E-state index >= 15 is 0 Å². The molecule has 2 N–H and O–H groups in total. The second-order valence-corrected chi connectivity index (χ2v) is 4.32. The lowest BCUT2D eigenvalue weighted by Gasteiger charge is -2.24. The van der Waals surface area contributed by atoms with Gasteiger partial charge in [-0.25, -0.2) is 0 Å². The largest absolute Gasteiger partial charge is 0.465 e. The summed E-state index contributed by atoms with van der Waals surface area (Å²) in [6.07, 6.45) is 0. The van der Waals surface area contributed by atoms with Gasteiger partial charge in [-0.3, -0.25) is 9.59 Å². The zero-order valence-corrected chi connectivity index (χ0v) is 10.7. The topological polar surface area (TPSA) is 67.4 Å². The minimum Gasteiger partial charge on any atom is -0.465 e.